The summed E-state index contributed by atoms with van der Waals surface area (Å²) in [6, 6.07) is 25.1. The Bertz CT molecular complexity index is 1960. The van der Waals surface area contributed by atoms with Crippen LogP contribution in [0.4, 0.5) is 22.7 Å². The summed E-state index contributed by atoms with van der Waals surface area (Å²) in [5.41, 5.74) is 5.79. The molecule has 7 rings (SSSR count). The van der Waals surface area contributed by atoms with Crippen LogP contribution < -0.4 is 25.4 Å². The zero-order chi connectivity index (χ0) is 34.9. The van der Waals surface area contributed by atoms with Crippen molar-refractivity contribution in [3.63, 3.8) is 0 Å². The largest absolute Gasteiger partial charge is 0.493 e. The maximum Gasteiger partial charge on any atom is 0.337 e. The third-order valence-corrected chi connectivity index (χ3v) is 9.05. The molecule has 3 aromatic carbocycles. The maximum atomic E-state index is 11.4. The van der Waals surface area contributed by atoms with Gasteiger partial charge in [-0.2, -0.15) is 0 Å². The highest BCUT2D eigenvalue weighted by molar-refractivity contribution is 9.10. The van der Waals surface area contributed by atoms with Crippen LogP contribution in [0.25, 0.3) is 0 Å². The van der Waals surface area contributed by atoms with Crippen LogP contribution in [0.5, 0.6) is 11.5 Å². The Labute approximate surface area is 297 Å². The van der Waals surface area contributed by atoms with Crippen molar-refractivity contribution in [3.8, 4) is 11.5 Å². The third kappa shape index (κ3) is 8.50. The number of carbonyl (C=O) groups is 2. The predicted octanol–water partition coefficient (Wildman–Crippen LogP) is 8.02. The molecule has 2 atom stereocenters. The summed E-state index contributed by atoms with van der Waals surface area (Å²) in [6.45, 7) is 2.55. The van der Waals surface area contributed by atoms with Gasteiger partial charge in [-0.25, -0.2) is 9.59 Å². The molecule has 2 aromatic heterocycles. The molecule has 0 saturated carbocycles. The molecule has 5 N–H and O–H groups in total. The van der Waals surface area contributed by atoms with E-state index in [4.69, 9.17) is 9.47 Å². The number of benzene rings is 3. The fourth-order valence-corrected chi connectivity index (χ4v) is 6.34. The third-order valence-electron chi connectivity index (χ3n) is 8.56. The summed E-state index contributed by atoms with van der Waals surface area (Å²) in [5, 5.41) is 28.3. The molecule has 2 aliphatic rings. The molecule has 11 nitrogen and oxygen atoms in total. The van der Waals surface area contributed by atoms with Crippen molar-refractivity contribution in [2.24, 2.45) is 0 Å². The zero-order valence-electron chi connectivity index (χ0n) is 27.0. The van der Waals surface area contributed by atoms with Gasteiger partial charge in [-0.15, -0.1) is 0 Å². The summed E-state index contributed by atoms with van der Waals surface area (Å²) < 4.78 is 12.5. The first-order chi connectivity index (χ1) is 24.4. The SMILES string of the molecule is O=C(O)c1ccncc1NCC1CCOc2cc(Br)ccc21.O=C(O)c1ccncc1NCC1CCOc2cc(Nc3ccccc3)ccc21. The molecule has 2 unspecified atom stereocenters. The lowest BCUT2D eigenvalue weighted by molar-refractivity contribution is 0.0687. The highest BCUT2D eigenvalue weighted by atomic mass is 79.9. The first-order valence-corrected chi connectivity index (χ1v) is 17.0. The monoisotopic (exact) mass is 737 g/mol. The summed E-state index contributed by atoms with van der Waals surface area (Å²) in [6.07, 6.45) is 7.83. The van der Waals surface area contributed by atoms with Crippen molar-refractivity contribution in [1.82, 2.24) is 9.97 Å². The van der Waals surface area contributed by atoms with Crippen LogP contribution in [0.1, 0.15) is 56.5 Å². The number of fused-ring (bicyclic) bond motifs is 2. The van der Waals surface area contributed by atoms with Crippen molar-refractivity contribution in [2.75, 3.05) is 42.3 Å². The van der Waals surface area contributed by atoms with E-state index in [-0.39, 0.29) is 23.0 Å². The Balaban J connectivity index is 0.000000178. The topological polar surface area (TPSA) is 155 Å². The second-order valence-corrected chi connectivity index (χ2v) is 12.7. The van der Waals surface area contributed by atoms with Crippen LogP contribution in [0.15, 0.2) is 108 Å². The maximum absolute atomic E-state index is 11.4. The van der Waals surface area contributed by atoms with E-state index < -0.39 is 11.9 Å². The van der Waals surface area contributed by atoms with E-state index in [2.05, 4.69) is 47.9 Å². The lowest BCUT2D eigenvalue weighted by Gasteiger charge is -2.27. The number of ether oxygens (including phenoxy) is 2. The van der Waals surface area contributed by atoms with Crippen LogP contribution in [-0.2, 0) is 0 Å². The number of halogens is 1. The van der Waals surface area contributed by atoms with E-state index in [1.165, 1.54) is 24.5 Å². The van der Waals surface area contributed by atoms with Gasteiger partial charge in [-0.05, 0) is 66.4 Å². The molecule has 0 bridgehead atoms. The highest BCUT2D eigenvalue weighted by Gasteiger charge is 2.24. The lowest BCUT2D eigenvalue weighted by atomic mass is 9.92. The second kappa shape index (κ2) is 16.2. The van der Waals surface area contributed by atoms with Gasteiger partial charge in [0.1, 0.15) is 11.5 Å². The minimum absolute atomic E-state index is 0.227. The predicted molar refractivity (Wildman–Crippen MR) is 195 cm³/mol. The molecular formula is C38H36BrN5O6. The van der Waals surface area contributed by atoms with Crippen molar-refractivity contribution in [1.29, 1.82) is 0 Å². The van der Waals surface area contributed by atoms with E-state index in [1.54, 1.807) is 12.4 Å². The molecule has 2 aliphatic heterocycles. The molecule has 0 amide bonds. The number of carboxylic acids is 2. The van der Waals surface area contributed by atoms with Gasteiger partial charge in [-0.3, -0.25) is 9.97 Å². The number of pyridine rings is 2. The van der Waals surface area contributed by atoms with Gasteiger partial charge in [0, 0.05) is 59.2 Å². The quantitative estimate of drug-likeness (QED) is 0.0946. The standard InChI is InChI=1S/C22H21N3O3.C16H15BrN2O3/c26-22(27)19-8-10-23-14-20(19)24-13-15-9-11-28-21-12-17(6-7-18(15)21)25-16-4-2-1-3-5-16;17-11-1-2-12-10(4-6-22-15(12)7-11)8-19-14-9-18-5-3-13(14)16(20)21/h1-8,10,12,14-15,24-25H,9,11,13H2,(H,26,27);1-3,5,7,9-10,19H,4,6,8H2,(H,20,21). The summed E-state index contributed by atoms with van der Waals surface area (Å²) in [7, 11) is 0. The molecule has 50 heavy (non-hydrogen) atoms. The van der Waals surface area contributed by atoms with Gasteiger partial charge in [0.15, 0.2) is 0 Å². The number of para-hydroxylation sites is 1. The molecule has 0 aliphatic carbocycles. The number of aromatic carboxylic acids is 2. The van der Waals surface area contributed by atoms with E-state index in [0.29, 0.717) is 37.7 Å². The number of rotatable bonds is 10. The zero-order valence-corrected chi connectivity index (χ0v) is 28.6. The fourth-order valence-electron chi connectivity index (χ4n) is 6.00. The smallest absolute Gasteiger partial charge is 0.337 e. The molecule has 256 valence electrons. The van der Waals surface area contributed by atoms with Crippen LogP contribution in [0.2, 0.25) is 0 Å². The molecule has 0 spiro atoms. The highest BCUT2D eigenvalue weighted by Crippen LogP contribution is 2.37. The average Bonchev–Trinajstić information content (AvgIpc) is 3.13. The lowest BCUT2D eigenvalue weighted by Crippen LogP contribution is -2.21. The van der Waals surface area contributed by atoms with E-state index >= 15 is 0 Å². The number of hydrogen-bond donors (Lipinski definition) is 5. The fraction of sp³-hybridized carbons (Fsp3) is 0.211. The molecule has 0 saturated heterocycles. The Morgan fingerprint density at radius 1 is 0.700 bits per heavy atom. The number of nitrogens with zero attached hydrogens (tertiary/aromatic N) is 2. The van der Waals surface area contributed by atoms with Crippen LogP contribution in [0, 0.1) is 0 Å². The molecule has 0 fully saturated rings. The summed E-state index contributed by atoms with van der Waals surface area (Å²) in [4.78, 5) is 30.6. The van der Waals surface area contributed by atoms with Crippen LogP contribution in [-0.4, -0.2) is 58.4 Å². The van der Waals surface area contributed by atoms with Crippen molar-refractivity contribution < 1.29 is 29.3 Å². The minimum atomic E-state index is -0.964. The molecule has 4 heterocycles. The van der Waals surface area contributed by atoms with Gasteiger partial charge in [0.25, 0.3) is 0 Å². The molecule has 12 heteroatoms. The van der Waals surface area contributed by atoms with Gasteiger partial charge in [0.2, 0.25) is 0 Å². The molecule has 5 aromatic rings. The second-order valence-electron chi connectivity index (χ2n) is 11.8. The number of nitrogens with one attached hydrogen (secondary N) is 3. The molecular weight excluding hydrogens is 702 g/mol. The Kier molecular flexibility index (Phi) is 11.1. The van der Waals surface area contributed by atoms with E-state index in [9.17, 15) is 19.8 Å². The van der Waals surface area contributed by atoms with Crippen molar-refractivity contribution in [3.05, 3.63) is 130 Å². The average molecular weight is 739 g/mol. The normalized spacial score (nSPS) is 15.8. The Morgan fingerprint density at radius 2 is 1.24 bits per heavy atom. The number of carboxylic acid groups (broad SMARTS) is 2. The number of anilines is 4. The van der Waals surface area contributed by atoms with Gasteiger partial charge >= 0.3 is 11.9 Å². The van der Waals surface area contributed by atoms with E-state index in [1.807, 2.05) is 60.7 Å². The summed E-state index contributed by atoms with van der Waals surface area (Å²) in [5.74, 6) is 0.339. The first-order valence-electron chi connectivity index (χ1n) is 16.2. The number of aromatic nitrogens is 2. The van der Waals surface area contributed by atoms with Gasteiger partial charge in [-0.1, -0.05) is 46.3 Å². The van der Waals surface area contributed by atoms with Gasteiger partial charge < -0.3 is 35.6 Å². The Hall–Kier alpha value is -5.62. The van der Waals surface area contributed by atoms with Crippen LogP contribution in [0.3, 0.4) is 0 Å². The Morgan fingerprint density at radius 3 is 1.80 bits per heavy atom. The van der Waals surface area contributed by atoms with Crippen molar-refractivity contribution >= 4 is 50.6 Å². The first kappa shape index (κ1) is 34.3. The van der Waals surface area contributed by atoms with Gasteiger partial charge in [0.05, 0.1) is 48.1 Å². The number of hydrogen-bond acceptors (Lipinski definition) is 9. The van der Waals surface area contributed by atoms with E-state index in [0.717, 1.165) is 51.3 Å². The van der Waals surface area contributed by atoms with Crippen LogP contribution >= 0.6 is 15.9 Å². The summed E-state index contributed by atoms with van der Waals surface area (Å²) >= 11 is 3.44. The molecule has 0 radical (unpaired) electrons. The minimum Gasteiger partial charge on any atom is -0.493 e. The van der Waals surface area contributed by atoms with Crippen molar-refractivity contribution in [2.45, 2.75) is 24.7 Å².